The van der Waals surface area contributed by atoms with Gasteiger partial charge in [0.05, 0.1) is 6.21 Å². The van der Waals surface area contributed by atoms with Crippen molar-refractivity contribution in [3.8, 4) is 17.2 Å². The van der Waals surface area contributed by atoms with Gasteiger partial charge in [0.25, 0.3) is 0 Å². The second-order valence-corrected chi connectivity index (χ2v) is 5.37. The molecule has 0 bridgehead atoms. The summed E-state index contributed by atoms with van der Waals surface area (Å²) in [7, 11) is 0. The minimum absolute atomic E-state index is 0.239. The molecule has 0 atom stereocenters. The van der Waals surface area contributed by atoms with Gasteiger partial charge in [-0.2, -0.15) is 5.10 Å². The Kier molecular flexibility index (Phi) is 5.02. The second kappa shape index (κ2) is 6.97. The van der Waals surface area contributed by atoms with Crippen LogP contribution < -0.4 is 10.7 Å². The van der Waals surface area contributed by atoms with Crippen LogP contribution in [0.3, 0.4) is 0 Å². The lowest BCUT2D eigenvalue weighted by Gasteiger charge is -2.12. The molecule has 0 aromatic heterocycles. The molecule has 0 aliphatic heterocycles. The Morgan fingerprint density at radius 1 is 1.04 bits per heavy atom. The third-order valence-corrected chi connectivity index (χ3v) is 3.44. The molecule has 120 valence electrons. The zero-order valence-electron chi connectivity index (χ0n) is 12.7. The molecule has 0 spiro atoms. The van der Waals surface area contributed by atoms with E-state index >= 15 is 0 Å². The zero-order valence-corrected chi connectivity index (χ0v) is 13.5. The van der Waals surface area contributed by atoms with Gasteiger partial charge >= 0.3 is 0 Å². The van der Waals surface area contributed by atoms with Gasteiger partial charge in [-0.1, -0.05) is 18.2 Å². The van der Waals surface area contributed by atoms with Crippen molar-refractivity contribution >= 4 is 29.2 Å². The molecule has 23 heavy (non-hydrogen) atoms. The number of nitrogens with zero attached hydrogens (tertiary/aromatic N) is 1. The van der Waals surface area contributed by atoms with E-state index < -0.39 is 17.2 Å². The second-order valence-electron chi connectivity index (χ2n) is 4.96. The van der Waals surface area contributed by atoms with Gasteiger partial charge in [-0.15, -0.1) is 0 Å². The number of phenolic OH excluding ortho intramolecular Hbond substituents is 3. The molecular formula is C16H17N3O3S. The quantitative estimate of drug-likeness (QED) is 0.257. The lowest BCUT2D eigenvalue weighted by atomic mass is 10.1. The van der Waals surface area contributed by atoms with Crippen molar-refractivity contribution in [1.82, 2.24) is 5.43 Å². The average molecular weight is 331 g/mol. The molecule has 0 saturated carbocycles. The van der Waals surface area contributed by atoms with E-state index in [1.807, 2.05) is 32.0 Å². The SMILES string of the molecule is Cc1cccc(C)c1NC(=S)NN=Cc1ccc(O)c(O)c1O. The van der Waals surface area contributed by atoms with Gasteiger partial charge in [-0.3, -0.25) is 5.43 Å². The summed E-state index contributed by atoms with van der Waals surface area (Å²) in [5.41, 5.74) is 5.89. The maximum atomic E-state index is 9.67. The normalized spacial score (nSPS) is 10.7. The number of aryl methyl sites for hydroxylation is 2. The fourth-order valence-electron chi connectivity index (χ4n) is 2.00. The molecule has 0 unspecified atom stereocenters. The number of para-hydroxylation sites is 1. The summed E-state index contributed by atoms with van der Waals surface area (Å²) in [6.07, 6.45) is 1.28. The maximum absolute atomic E-state index is 9.67. The van der Waals surface area contributed by atoms with E-state index in [1.165, 1.54) is 18.3 Å². The molecule has 0 saturated heterocycles. The summed E-state index contributed by atoms with van der Waals surface area (Å²) in [5, 5.41) is 35.6. The van der Waals surface area contributed by atoms with Crippen LogP contribution in [0.4, 0.5) is 5.69 Å². The van der Waals surface area contributed by atoms with Crippen LogP contribution in [0.5, 0.6) is 17.2 Å². The maximum Gasteiger partial charge on any atom is 0.200 e. The highest BCUT2D eigenvalue weighted by Gasteiger charge is 2.09. The van der Waals surface area contributed by atoms with Gasteiger partial charge in [-0.05, 0) is 49.3 Å². The van der Waals surface area contributed by atoms with Crippen molar-refractivity contribution in [2.45, 2.75) is 13.8 Å². The number of aromatic hydroxyl groups is 3. The zero-order chi connectivity index (χ0) is 17.0. The van der Waals surface area contributed by atoms with Gasteiger partial charge in [0.1, 0.15) is 0 Å². The van der Waals surface area contributed by atoms with Crippen LogP contribution in [0.15, 0.2) is 35.4 Å². The number of hydrogen-bond acceptors (Lipinski definition) is 5. The predicted octanol–water partition coefficient (Wildman–Crippen LogP) is 2.74. The van der Waals surface area contributed by atoms with E-state index in [1.54, 1.807) is 0 Å². The first kappa shape index (κ1) is 16.6. The molecule has 0 aliphatic rings. The third kappa shape index (κ3) is 3.89. The smallest absolute Gasteiger partial charge is 0.200 e. The third-order valence-electron chi connectivity index (χ3n) is 3.25. The summed E-state index contributed by atoms with van der Waals surface area (Å²) in [6.45, 7) is 3.94. The van der Waals surface area contributed by atoms with Gasteiger partial charge in [0.2, 0.25) is 5.75 Å². The van der Waals surface area contributed by atoms with E-state index in [-0.39, 0.29) is 5.56 Å². The molecule has 0 heterocycles. The summed E-state index contributed by atoms with van der Waals surface area (Å²) in [6, 6.07) is 8.57. The Morgan fingerprint density at radius 3 is 2.35 bits per heavy atom. The number of hydrogen-bond donors (Lipinski definition) is 5. The molecule has 2 aromatic carbocycles. The standard InChI is InChI=1S/C16H17N3O3S/c1-9-4-3-5-10(2)13(9)18-16(23)19-17-8-11-6-7-12(20)15(22)14(11)21/h3-8,20-22H,1-2H3,(H2,18,19,23). The first-order valence-corrected chi connectivity index (χ1v) is 7.21. The Morgan fingerprint density at radius 2 is 1.70 bits per heavy atom. The Hall–Kier alpha value is -2.80. The van der Waals surface area contributed by atoms with Crippen molar-refractivity contribution in [2.75, 3.05) is 5.32 Å². The summed E-state index contributed by atoms with van der Waals surface area (Å²) in [5.74, 6) is -1.45. The molecule has 7 heteroatoms. The van der Waals surface area contributed by atoms with Crippen LogP contribution >= 0.6 is 12.2 Å². The fraction of sp³-hybridized carbons (Fsp3) is 0.125. The highest BCUT2D eigenvalue weighted by molar-refractivity contribution is 7.80. The Bertz CT molecular complexity index is 755. The molecule has 5 N–H and O–H groups in total. The van der Waals surface area contributed by atoms with Crippen molar-refractivity contribution < 1.29 is 15.3 Å². The predicted molar refractivity (Wildman–Crippen MR) is 94.3 cm³/mol. The molecule has 0 amide bonds. The minimum Gasteiger partial charge on any atom is -0.504 e. The largest absolute Gasteiger partial charge is 0.504 e. The molecule has 6 nitrogen and oxygen atoms in total. The molecule has 0 fully saturated rings. The van der Waals surface area contributed by atoms with Gasteiger partial charge in [-0.25, -0.2) is 0 Å². The van der Waals surface area contributed by atoms with Crippen LogP contribution in [0.1, 0.15) is 16.7 Å². The van der Waals surface area contributed by atoms with Gasteiger partial charge in [0, 0.05) is 11.3 Å². The number of thiocarbonyl (C=S) groups is 1. The summed E-state index contributed by atoms with van der Waals surface area (Å²) >= 11 is 5.16. The number of anilines is 1. The topological polar surface area (TPSA) is 97.1 Å². The number of phenols is 3. The molecule has 0 aliphatic carbocycles. The van der Waals surface area contributed by atoms with Crippen LogP contribution in [-0.2, 0) is 0 Å². The number of nitrogens with one attached hydrogen (secondary N) is 2. The molecule has 2 rings (SSSR count). The van der Waals surface area contributed by atoms with Gasteiger partial charge in [0.15, 0.2) is 16.6 Å². The lowest BCUT2D eigenvalue weighted by Crippen LogP contribution is -2.24. The van der Waals surface area contributed by atoms with E-state index in [0.29, 0.717) is 5.11 Å². The van der Waals surface area contributed by atoms with Gasteiger partial charge < -0.3 is 20.6 Å². The Balaban J connectivity index is 2.04. The van der Waals surface area contributed by atoms with Crippen LogP contribution in [0, 0.1) is 13.8 Å². The number of hydrazone groups is 1. The van der Waals surface area contributed by atoms with Crippen molar-refractivity contribution in [3.05, 3.63) is 47.0 Å². The molecule has 0 radical (unpaired) electrons. The van der Waals surface area contributed by atoms with E-state index in [0.717, 1.165) is 16.8 Å². The van der Waals surface area contributed by atoms with Crippen molar-refractivity contribution in [1.29, 1.82) is 0 Å². The van der Waals surface area contributed by atoms with E-state index in [2.05, 4.69) is 15.8 Å². The monoisotopic (exact) mass is 331 g/mol. The van der Waals surface area contributed by atoms with E-state index in [4.69, 9.17) is 12.2 Å². The van der Waals surface area contributed by atoms with Crippen molar-refractivity contribution in [2.24, 2.45) is 5.10 Å². The fourth-order valence-corrected chi connectivity index (χ4v) is 2.16. The Labute approximate surface area is 139 Å². The number of rotatable bonds is 3. The highest BCUT2D eigenvalue weighted by Crippen LogP contribution is 2.36. The first-order chi connectivity index (χ1) is 10.9. The lowest BCUT2D eigenvalue weighted by molar-refractivity contribution is 0.367. The first-order valence-electron chi connectivity index (χ1n) is 6.80. The summed E-state index contributed by atoms with van der Waals surface area (Å²) < 4.78 is 0. The van der Waals surface area contributed by atoms with Crippen LogP contribution in [-0.4, -0.2) is 26.6 Å². The average Bonchev–Trinajstić information content (AvgIpc) is 2.51. The molecular weight excluding hydrogens is 314 g/mol. The molecule has 2 aromatic rings. The minimum atomic E-state index is -0.592. The van der Waals surface area contributed by atoms with Crippen molar-refractivity contribution in [3.63, 3.8) is 0 Å². The van der Waals surface area contributed by atoms with Crippen LogP contribution in [0.2, 0.25) is 0 Å². The summed E-state index contributed by atoms with van der Waals surface area (Å²) in [4.78, 5) is 0. The van der Waals surface area contributed by atoms with E-state index in [9.17, 15) is 15.3 Å². The number of benzene rings is 2. The highest BCUT2D eigenvalue weighted by atomic mass is 32.1. The van der Waals surface area contributed by atoms with Crippen LogP contribution in [0.25, 0.3) is 0 Å².